The molecule has 3 nitrogen and oxygen atoms in total. The smallest absolute Gasteiger partial charge is 0.146 e. The molecule has 2 aliphatic rings. The van der Waals surface area contributed by atoms with Crippen molar-refractivity contribution in [3.63, 3.8) is 0 Å². The predicted octanol–water partition coefficient (Wildman–Crippen LogP) is 2.52. The van der Waals surface area contributed by atoms with Gasteiger partial charge in [-0.25, -0.2) is 4.39 Å². The highest BCUT2D eigenvalue weighted by atomic mass is 19.1. The number of benzene rings is 1. The van der Waals surface area contributed by atoms with Crippen LogP contribution in [0.2, 0.25) is 0 Å². The maximum atomic E-state index is 14.4. The molecule has 2 aliphatic heterocycles. The Bertz CT molecular complexity index is 489. The third kappa shape index (κ3) is 2.42. The monoisotopic (exact) mass is 277 g/mol. The Labute approximate surface area is 120 Å². The third-order valence-corrected chi connectivity index (χ3v) is 4.74. The first kappa shape index (κ1) is 13.8. The molecule has 2 fully saturated rings. The fourth-order valence-corrected chi connectivity index (χ4v) is 3.56. The zero-order valence-electron chi connectivity index (χ0n) is 12.3. The van der Waals surface area contributed by atoms with Crippen molar-refractivity contribution < 1.29 is 4.39 Å². The molecule has 110 valence electrons. The van der Waals surface area contributed by atoms with Gasteiger partial charge < -0.3 is 10.6 Å². The third-order valence-electron chi connectivity index (χ3n) is 4.74. The molecule has 4 heteroatoms. The van der Waals surface area contributed by atoms with Gasteiger partial charge in [0.1, 0.15) is 5.82 Å². The van der Waals surface area contributed by atoms with Gasteiger partial charge in [-0.1, -0.05) is 6.07 Å². The summed E-state index contributed by atoms with van der Waals surface area (Å²) in [6.07, 6.45) is 2.51. The highest BCUT2D eigenvalue weighted by Gasteiger charge is 2.35. The molecule has 0 amide bonds. The zero-order chi connectivity index (χ0) is 14.3. The van der Waals surface area contributed by atoms with Crippen molar-refractivity contribution >= 4 is 5.69 Å². The maximum Gasteiger partial charge on any atom is 0.146 e. The lowest BCUT2D eigenvalue weighted by Crippen LogP contribution is -2.55. The highest BCUT2D eigenvalue weighted by molar-refractivity contribution is 5.51. The first-order valence-corrected chi connectivity index (χ1v) is 7.62. The number of rotatable bonds is 2. The highest BCUT2D eigenvalue weighted by Crippen LogP contribution is 2.31. The molecule has 2 heterocycles. The van der Waals surface area contributed by atoms with Gasteiger partial charge in [-0.2, -0.15) is 0 Å². The lowest BCUT2D eigenvalue weighted by Gasteiger charge is -2.43. The quantitative estimate of drug-likeness (QED) is 0.901. The minimum Gasteiger partial charge on any atom is -0.364 e. The molecule has 1 aromatic carbocycles. The second kappa shape index (κ2) is 5.34. The predicted molar refractivity (Wildman–Crippen MR) is 80.4 cm³/mol. The Morgan fingerprint density at radius 2 is 2.15 bits per heavy atom. The first-order chi connectivity index (χ1) is 9.56. The average Bonchev–Trinajstić information content (AvgIpc) is 2.84. The zero-order valence-corrected chi connectivity index (χ0v) is 12.3. The normalized spacial score (nSPS) is 28.5. The number of halogens is 1. The lowest BCUT2D eigenvalue weighted by molar-refractivity contribution is 0.202. The van der Waals surface area contributed by atoms with E-state index < -0.39 is 0 Å². The van der Waals surface area contributed by atoms with Crippen LogP contribution < -0.4 is 10.6 Å². The number of anilines is 1. The molecule has 2 saturated heterocycles. The van der Waals surface area contributed by atoms with Crippen LogP contribution in [0.15, 0.2) is 18.2 Å². The summed E-state index contributed by atoms with van der Waals surface area (Å²) in [5.41, 5.74) is 7.41. The van der Waals surface area contributed by atoms with Gasteiger partial charge in [-0.05, 0) is 50.9 Å². The molecule has 2 unspecified atom stereocenters. The van der Waals surface area contributed by atoms with Crippen molar-refractivity contribution in [2.75, 3.05) is 24.5 Å². The summed E-state index contributed by atoms with van der Waals surface area (Å²) in [4.78, 5) is 4.78. The lowest BCUT2D eigenvalue weighted by atomic mass is 10.0. The average molecular weight is 277 g/mol. The van der Waals surface area contributed by atoms with Gasteiger partial charge >= 0.3 is 0 Å². The van der Waals surface area contributed by atoms with E-state index in [0.29, 0.717) is 12.1 Å². The van der Waals surface area contributed by atoms with E-state index in [-0.39, 0.29) is 11.9 Å². The van der Waals surface area contributed by atoms with E-state index >= 15 is 0 Å². The topological polar surface area (TPSA) is 32.5 Å². The fraction of sp³-hybridized carbons (Fsp3) is 0.625. The molecule has 0 radical (unpaired) electrons. The summed E-state index contributed by atoms with van der Waals surface area (Å²) in [7, 11) is 0. The van der Waals surface area contributed by atoms with Crippen LogP contribution in [0, 0.1) is 5.82 Å². The van der Waals surface area contributed by atoms with Gasteiger partial charge in [-0.15, -0.1) is 0 Å². The van der Waals surface area contributed by atoms with Crippen LogP contribution in [-0.4, -0.2) is 36.6 Å². The van der Waals surface area contributed by atoms with E-state index in [1.807, 2.05) is 19.1 Å². The summed E-state index contributed by atoms with van der Waals surface area (Å²) in [5.74, 6) is -0.141. The van der Waals surface area contributed by atoms with E-state index in [9.17, 15) is 4.39 Å². The summed E-state index contributed by atoms with van der Waals surface area (Å²) in [5, 5.41) is 0. The molecule has 3 rings (SSSR count). The van der Waals surface area contributed by atoms with Crippen molar-refractivity contribution in [2.24, 2.45) is 5.73 Å². The molecular weight excluding hydrogens is 253 g/mol. The number of piperazine rings is 1. The maximum absolute atomic E-state index is 14.4. The molecule has 0 aromatic heterocycles. The summed E-state index contributed by atoms with van der Waals surface area (Å²) >= 11 is 0. The van der Waals surface area contributed by atoms with Crippen molar-refractivity contribution in [3.05, 3.63) is 29.6 Å². The number of hydrogen-bond donors (Lipinski definition) is 1. The Morgan fingerprint density at radius 1 is 1.35 bits per heavy atom. The molecule has 0 saturated carbocycles. The molecular formula is C16H24FN3. The van der Waals surface area contributed by atoms with Crippen molar-refractivity contribution in [1.29, 1.82) is 0 Å². The summed E-state index contributed by atoms with van der Waals surface area (Å²) in [6, 6.07) is 6.28. The minimum absolute atomic E-state index is 0.123. The van der Waals surface area contributed by atoms with Gasteiger partial charge in [0.15, 0.2) is 0 Å². The minimum atomic E-state index is -0.141. The van der Waals surface area contributed by atoms with E-state index in [2.05, 4.69) is 16.7 Å². The van der Waals surface area contributed by atoms with E-state index in [1.165, 1.54) is 19.4 Å². The van der Waals surface area contributed by atoms with Crippen LogP contribution in [-0.2, 0) is 0 Å². The number of nitrogens with zero attached hydrogens (tertiary/aromatic N) is 2. The first-order valence-electron chi connectivity index (χ1n) is 7.62. The van der Waals surface area contributed by atoms with Gasteiger partial charge in [0.05, 0.1) is 5.69 Å². The molecule has 0 bridgehead atoms. The standard InChI is InChI=1S/C16H24FN3/c1-11-9-19-7-3-4-14(19)10-20(11)16-6-5-13(12(2)18)8-15(16)17/h5-6,8,11-12,14H,3-4,7,9-10,18H2,1-2H3/t11?,12-,14?/m0/s1. The number of hydrogen-bond acceptors (Lipinski definition) is 3. The van der Waals surface area contributed by atoms with Gasteiger partial charge in [0, 0.05) is 31.2 Å². The fourth-order valence-electron chi connectivity index (χ4n) is 3.56. The Morgan fingerprint density at radius 3 is 2.85 bits per heavy atom. The Kier molecular flexibility index (Phi) is 3.69. The van der Waals surface area contributed by atoms with Crippen LogP contribution in [0.4, 0.5) is 10.1 Å². The van der Waals surface area contributed by atoms with E-state index in [0.717, 1.165) is 24.3 Å². The van der Waals surface area contributed by atoms with Crippen LogP contribution in [0.3, 0.4) is 0 Å². The van der Waals surface area contributed by atoms with Crippen molar-refractivity contribution in [1.82, 2.24) is 4.90 Å². The SMILES string of the molecule is CC1CN2CCCC2CN1c1ccc([C@H](C)N)cc1F. The second-order valence-corrected chi connectivity index (χ2v) is 6.29. The van der Waals surface area contributed by atoms with Crippen LogP contribution in [0.1, 0.15) is 38.3 Å². The molecule has 20 heavy (non-hydrogen) atoms. The van der Waals surface area contributed by atoms with Gasteiger partial charge in [0.25, 0.3) is 0 Å². The number of fused-ring (bicyclic) bond motifs is 1. The van der Waals surface area contributed by atoms with Gasteiger partial charge in [0.2, 0.25) is 0 Å². The van der Waals surface area contributed by atoms with Crippen LogP contribution in [0.5, 0.6) is 0 Å². The van der Waals surface area contributed by atoms with Crippen LogP contribution in [0.25, 0.3) is 0 Å². The largest absolute Gasteiger partial charge is 0.364 e. The second-order valence-electron chi connectivity index (χ2n) is 6.29. The van der Waals surface area contributed by atoms with Gasteiger partial charge in [-0.3, -0.25) is 4.90 Å². The molecule has 0 aliphatic carbocycles. The van der Waals surface area contributed by atoms with Crippen molar-refractivity contribution in [3.8, 4) is 0 Å². The van der Waals surface area contributed by atoms with Crippen LogP contribution >= 0.6 is 0 Å². The molecule has 1 aromatic rings. The summed E-state index contributed by atoms with van der Waals surface area (Å²) in [6.45, 7) is 7.26. The van der Waals surface area contributed by atoms with Crippen molar-refractivity contribution in [2.45, 2.75) is 44.8 Å². The molecule has 3 atom stereocenters. The molecule has 0 spiro atoms. The number of nitrogens with two attached hydrogens (primary N) is 1. The summed E-state index contributed by atoms with van der Waals surface area (Å²) < 4.78 is 14.4. The van der Waals surface area contributed by atoms with E-state index in [4.69, 9.17) is 5.73 Å². The Hall–Kier alpha value is -1.13. The Balaban J connectivity index is 1.84. The molecule has 2 N–H and O–H groups in total. The van der Waals surface area contributed by atoms with E-state index in [1.54, 1.807) is 6.07 Å².